The molecule has 1 N–H and O–H groups in total. The summed E-state index contributed by atoms with van der Waals surface area (Å²) in [4.78, 5) is 0. The normalized spacial score (nSPS) is 10.5. The first kappa shape index (κ1) is 14.6. The largest absolute Gasteiger partial charge is 0.489 e. The van der Waals surface area contributed by atoms with Crippen LogP contribution in [0.4, 0.5) is 0 Å². The van der Waals surface area contributed by atoms with Crippen molar-refractivity contribution in [2.75, 3.05) is 13.7 Å². The van der Waals surface area contributed by atoms with Crippen molar-refractivity contribution in [1.29, 1.82) is 0 Å². The molecule has 0 aliphatic heterocycles. The highest BCUT2D eigenvalue weighted by Crippen LogP contribution is 2.15. The molecule has 3 nitrogen and oxygen atoms in total. The lowest BCUT2D eigenvalue weighted by Gasteiger charge is -2.08. The van der Waals surface area contributed by atoms with Crippen LogP contribution in [-0.4, -0.2) is 18.8 Å². The Morgan fingerprint density at radius 3 is 2.05 bits per heavy atom. The number of aliphatic hydroxyl groups is 1. The minimum Gasteiger partial charge on any atom is -0.489 e. The van der Waals surface area contributed by atoms with Crippen molar-refractivity contribution >= 4 is 0 Å². The Bertz CT molecular complexity index is 503. The summed E-state index contributed by atoms with van der Waals surface area (Å²) in [7, 11) is 1.71. The van der Waals surface area contributed by atoms with Gasteiger partial charge in [0.1, 0.15) is 12.4 Å². The van der Waals surface area contributed by atoms with E-state index in [0.29, 0.717) is 6.61 Å². The highest BCUT2D eigenvalue weighted by atomic mass is 16.5. The van der Waals surface area contributed by atoms with Crippen molar-refractivity contribution in [3.05, 3.63) is 65.2 Å². The SMILES string of the molecule is COCCc1ccc(OCc2ccc(CO)cc2)cc1. The van der Waals surface area contributed by atoms with Crippen LogP contribution in [0.3, 0.4) is 0 Å². The molecular weight excluding hydrogens is 252 g/mol. The second-order valence-corrected chi connectivity index (χ2v) is 4.65. The van der Waals surface area contributed by atoms with Gasteiger partial charge in [0.15, 0.2) is 0 Å². The maximum atomic E-state index is 8.98. The maximum Gasteiger partial charge on any atom is 0.119 e. The van der Waals surface area contributed by atoms with E-state index in [-0.39, 0.29) is 6.61 Å². The zero-order chi connectivity index (χ0) is 14.2. The summed E-state index contributed by atoms with van der Waals surface area (Å²) in [5.41, 5.74) is 3.24. The van der Waals surface area contributed by atoms with Gasteiger partial charge in [-0.1, -0.05) is 36.4 Å². The first-order chi connectivity index (χ1) is 9.81. The number of ether oxygens (including phenoxy) is 2. The number of aliphatic hydroxyl groups excluding tert-OH is 1. The van der Waals surface area contributed by atoms with Gasteiger partial charge in [0.25, 0.3) is 0 Å². The van der Waals surface area contributed by atoms with Crippen LogP contribution in [-0.2, 0) is 24.4 Å². The third-order valence-electron chi connectivity index (χ3n) is 3.13. The van der Waals surface area contributed by atoms with Gasteiger partial charge in [0, 0.05) is 7.11 Å². The van der Waals surface area contributed by atoms with Gasteiger partial charge >= 0.3 is 0 Å². The molecule has 0 aliphatic rings. The molecule has 0 saturated carbocycles. The second kappa shape index (κ2) is 7.68. The Morgan fingerprint density at radius 2 is 1.45 bits per heavy atom. The van der Waals surface area contributed by atoms with E-state index in [0.717, 1.165) is 29.9 Å². The summed E-state index contributed by atoms with van der Waals surface area (Å²) < 4.78 is 10.8. The molecule has 20 heavy (non-hydrogen) atoms. The lowest BCUT2D eigenvalue weighted by molar-refractivity contribution is 0.202. The van der Waals surface area contributed by atoms with Crippen LogP contribution in [0.2, 0.25) is 0 Å². The quantitative estimate of drug-likeness (QED) is 0.842. The monoisotopic (exact) mass is 272 g/mol. The highest BCUT2D eigenvalue weighted by Gasteiger charge is 1.98. The number of methoxy groups -OCH3 is 1. The summed E-state index contributed by atoms with van der Waals surface area (Å²) >= 11 is 0. The van der Waals surface area contributed by atoms with Gasteiger partial charge in [-0.2, -0.15) is 0 Å². The van der Waals surface area contributed by atoms with Crippen LogP contribution < -0.4 is 4.74 Å². The molecule has 3 heteroatoms. The highest BCUT2D eigenvalue weighted by molar-refractivity contribution is 5.28. The average molecular weight is 272 g/mol. The van der Waals surface area contributed by atoms with Gasteiger partial charge in [-0.25, -0.2) is 0 Å². The molecule has 0 saturated heterocycles. The first-order valence-electron chi connectivity index (χ1n) is 6.71. The van der Waals surface area contributed by atoms with Crippen molar-refractivity contribution in [3.63, 3.8) is 0 Å². The molecule has 0 spiro atoms. The van der Waals surface area contributed by atoms with Crippen LogP contribution in [0.5, 0.6) is 5.75 Å². The molecule has 106 valence electrons. The van der Waals surface area contributed by atoms with Gasteiger partial charge in [-0.05, 0) is 35.2 Å². The Balaban J connectivity index is 1.86. The molecule has 0 heterocycles. The molecule has 0 unspecified atom stereocenters. The number of rotatable bonds is 7. The number of hydrogen-bond donors (Lipinski definition) is 1. The summed E-state index contributed by atoms with van der Waals surface area (Å²) in [6, 6.07) is 15.8. The van der Waals surface area contributed by atoms with E-state index < -0.39 is 0 Å². The van der Waals surface area contributed by atoms with E-state index in [1.54, 1.807) is 7.11 Å². The van der Waals surface area contributed by atoms with Gasteiger partial charge in [-0.3, -0.25) is 0 Å². The zero-order valence-electron chi connectivity index (χ0n) is 11.7. The standard InChI is InChI=1S/C17H20O3/c1-19-11-10-14-6-8-17(9-7-14)20-13-16-4-2-15(12-18)3-5-16/h2-9,18H,10-13H2,1H3. The Labute approximate surface area is 119 Å². The maximum absolute atomic E-state index is 8.98. The topological polar surface area (TPSA) is 38.7 Å². The Kier molecular flexibility index (Phi) is 5.59. The lowest BCUT2D eigenvalue weighted by atomic mass is 10.1. The van der Waals surface area contributed by atoms with Crippen LogP contribution in [0.15, 0.2) is 48.5 Å². The van der Waals surface area contributed by atoms with Gasteiger partial charge in [0.2, 0.25) is 0 Å². The molecule has 0 fully saturated rings. The van der Waals surface area contributed by atoms with E-state index in [1.165, 1.54) is 5.56 Å². The van der Waals surface area contributed by atoms with E-state index in [4.69, 9.17) is 14.6 Å². The van der Waals surface area contributed by atoms with Gasteiger partial charge in [-0.15, -0.1) is 0 Å². The van der Waals surface area contributed by atoms with Crippen molar-refractivity contribution in [2.45, 2.75) is 19.6 Å². The fourth-order valence-electron chi connectivity index (χ4n) is 1.88. The van der Waals surface area contributed by atoms with Gasteiger partial charge in [0.05, 0.1) is 13.2 Å². The first-order valence-corrected chi connectivity index (χ1v) is 6.71. The third-order valence-corrected chi connectivity index (χ3v) is 3.13. The van der Waals surface area contributed by atoms with E-state index in [9.17, 15) is 0 Å². The Morgan fingerprint density at radius 1 is 0.850 bits per heavy atom. The summed E-state index contributed by atoms with van der Waals surface area (Å²) in [5.74, 6) is 0.859. The third kappa shape index (κ3) is 4.37. The number of hydrogen-bond acceptors (Lipinski definition) is 3. The van der Waals surface area contributed by atoms with Crippen molar-refractivity contribution in [1.82, 2.24) is 0 Å². The van der Waals surface area contributed by atoms with Crippen molar-refractivity contribution in [3.8, 4) is 5.75 Å². The smallest absolute Gasteiger partial charge is 0.119 e. The predicted molar refractivity (Wildman–Crippen MR) is 78.7 cm³/mol. The molecule has 0 aromatic heterocycles. The summed E-state index contributed by atoms with van der Waals surface area (Å²) in [5, 5.41) is 8.98. The molecule has 0 atom stereocenters. The minimum atomic E-state index is 0.0735. The van der Waals surface area contributed by atoms with Crippen LogP contribution in [0, 0.1) is 0 Å². The van der Waals surface area contributed by atoms with Crippen LogP contribution in [0.1, 0.15) is 16.7 Å². The molecule has 0 amide bonds. The van der Waals surface area contributed by atoms with Crippen LogP contribution in [0.25, 0.3) is 0 Å². The lowest BCUT2D eigenvalue weighted by Crippen LogP contribution is -1.97. The number of benzene rings is 2. The molecule has 0 radical (unpaired) electrons. The molecule has 0 bridgehead atoms. The van der Waals surface area contributed by atoms with E-state index in [2.05, 4.69) is 12.1 Å². The van der Waals surface area contributed by atoms with Crippen molar-refractivity contribution in [2.24, 2.45) is 0 Å². The Hall–Kier alpha value is -1.84. The summed E-state index contributed by atoms with van der Waals surface area (Å²) in [6.07, 6.45) is 0.916. The fourth-order valence-corrected chi connectivity index (χ4v) is 1.88. The molecule has 0 aliphatic carbocycles. The molecular formula is C17H20O3. The zero-order valence-corrected chi connectivity index (χ0v) is 11.7. The average Bonchev–Trinajstić information content (AvgIpc) is 2.52. The van der Waals surface area contributed by atoms with E-state index >= 15 is 0 Å². The minimum absolute atomic E-state index is 0.0735. The van der Waals surface area contributed by atoms with Crippen LogP contribution >= 0.6 is 0 Å². The molecule has 2 rings (SSSR count). The summed E-state index contributed by atoms with van der Waals surface area (Å²) in [6.45, 7) is 1.34. The fraction of sp³-hybridized carbons (Fsp3) is 0.294. The van der Waals surface area contributed by atoms with Gasteiger partial charge < -0.3 is 14.6 Å². The second-order valence-electron chi connectivity index (χ2n) is 4.65. The van der Waals surface area contributed by atoms with Crippen molar-refractivity contribution < 1.29 is 14.6 Å². The molecule has 2 aromatic rings. The predicted octanol–water partition coefficient (Wildman–Crippen LogP) is 2.95. The van der Waals surface area contributed by atoms with E-state index in [1.807, 2.05) is 36.4 Å². The molecule has 2 aromatic carbocycles.